The van der Waals surface area contributed by atoms with Gasteiger partial charge in [-0.3, -0.25) is 4.79 Å². The van der Waals surface area contributed by atoms with Gasteiger partial charge in [-0.15, -0.1) is 10.2 Å². The number of anilines is 1. The van der Waals surface area contributed by atoms with E-state index < -0.39 is 0 Å². The molecule has 1 aromatic carbocycles. The van der Waals surface area contributed by atoms with Crippen molar-refractivity contribution >= 4 is 11.7 Å². The smallest absolute Gasteiger partial charge is 0.251 e. The highest BCUT2D eigenvalue weighted by molar-refractivity contribution is 5.77. The molecular weight excluding hydrogens is 354 g/mol. The molecule has 0 aliphatic carbocycles. The molecule has 7 heteroatoms. The van der Waals surface area contributed by atoms with Gasteiger partial charge in [-0.05, 0) is 24.1 Å². The first-order valence-electron chi connectivity index (χ1n) is 9.53. The van der Waals surface area contributed by atoms with E-state index in [0.717, 1.165) is 30.9 Å². The van der Waals surface area contributed by atoms with Gasteiger partial charge in [-0.25, -0.2) is 4.98 Å². The molecule has 0 unspecified atom stereocenters. The van der Waals surface area contributed by atoms with Gasteiger partial charge in [0.05, 0.1) is 5.56 Å². The third kappa shape index (κ3) is 4.03. The topological polar surface area (TPSA) is 75.4 Å². The first-order valence-corrected chi connectivity index (χ1v) is 9.53. The molecule has 0 saturated carbocycles. The van der Waals surface area contributed by atoms with E-state index in [4.69, 9.17) is 4.42 Å². The molecule has 1 saturated heterocycles. The highest BCUT2D eigenvalue weighted by atomic mass is 16.4. The van der Waals surface area contributed by atoms with Gasteiger partial charge in [0.15, 0.2) is 0 Å². The summed E-state index contributed by atoms with van der Waals surface area (Å²) < 4.78 is 5.58. The zero-order chi connectivity index (χ0) is 19.3. The van der Waals surface area contributed by atoms with Crippen LogP contribution in [0.5, 0.6) is 0 Å². The minimum atomic E-state index is 0.206. The average Bonchev–Trinajstić information content (AvgIpc) is 3.19. The number of amides is 1. The lowest BCUT2D eigenvalue weighted by atomic mass is 10.1. The first-order chi connectivity index (χ1) is 13.7. The van der Waals surface area contributed by atoms with Crippen molar-refractivity contribution < 1.29 is 9.21 Å². The Labute approximate surface area is 164 Å². The minimum Gasteiger partial charge on any atom is -0.421 e. The Morgan fingerprint density at radius 3 is 2.54 bits per heavy atom. The number of benzene rings is 1. The van der Waals surface area contributed by atoms with Crippen LogP contribution in [-0.4, -0.2) is 52.2 Å². The molecule has 1 aliphatic rings. The second kappa shape index (κ2) is 8.21. The molecule has 28 heavy (non-hydrogen) atoms. The summed E-state index contributed by atoms with van der Waals surface area (Å²) >= 11 is 0. The molecule has 0 atom stereocenters. The van der Waals surface area contributed by atoms with Gasteiger partial charge in [-0.1, -0.05) is 30.3 Å². The molecule has 0 N–H and O–H groups in total. The van der Waals surface area contributed by atoms with Gasteiger partial charge in [0.1, 0.15) is 5.82 Å². The number of nitrogens with zero attached hydrogens (tertiary/aromatic N) is 5. The number of aromatic nitrogens is 3. The van der Waals surface area contributed by atoms with E-state index >= 15 is 0 Å². The number of hydrogen-bond acceptors (Lipinski definition) is 6. The summed E-state index contributed by atoms with van der Waals surface area (Å²) in [4.78, 5) is 21.2. The summed E-state index contributed by atoms with van der Waals surface area (Å²) in [5, 5.41) is 8.03. The molecule has 0 bridgehead atoms. The maximum absolute atomic E-state index is 12.6. The molecule has 1 fully saturated rings. The molecule has 2 aromatic heterocycles. The summed E-state index contributed by atoms with van der Waals surface area (Å²) in [6.45, 7) is 4.60. The van der Waals surface area contributed by atoms with Crippen LogP contribution in [0.2, 0.25) is 0 Å². The van der Waals surface area contributed by atoms with E-state index in [1.54, 1.807) is 13.1 Å². The van der Waals surface area contributed by atoms with Crippen LogP contribution in [0.25, 0.3) is 11.5 Å². The minimum absolute atomic E-state index is 0.206. The lowest BCUT2D eigenvalue weighted by Crippen LogP contribution is -2.49. The third-order valence-electron chi connectivity index (χ3n) is 4.95. The van der Waals surface area contributed by atoms with Crippen molar-refractivity contribution in [3.8, 4) is 11.5 Å². The molecule has 1 amide bonds. The van der Waals surface area contributed by atoms with Gasteiger partial charge >= 0.3 is 0 Å². The van der Waals surface area contributed by atoms with E-state index in [1.165, 1.54) is 5.56 Å². The number of rotatable bonds is 5. The zero-order valence-electron chi connectivity index (χ0n) is 15.9. The van der Waals surface area contributed by atoms with Crippen molar-refractivity contribution in [1.29, 1.82) is 0 Å². The summed E-state index contributed by atoms with van der Waals surface area (Å²) in [6.07, 6.45) is 3.08. The van der Waals surface area contributed by atoms with Crippen molar-refractivity contribution in [3.05, 3.63) is 60.1 Å². The highest BCUT2D eigenvalue weighted by Gasteiger charge is 2.24. The van der Waals surface area contributed by atoms with Crippen LogP contribution in [0.4, 0.5) is 5.82 Å². The normalized spacial score (nSPS) is 14.3. The van der Waals surface area contributed by atoms with Crippen LogP contribution < -0.4 is 4.90 Å². The Kier molecular flexibility index (Phi) is 5.32. The summed E-state index contributed by atoms with van der Waals surface area (Å²) in [7, 11) is 0. The van der Waals surface area contributed by atoms with Crippen LogP contribution in [0.3, 0.4) is 0 Å². The van der Waals surface area contributed by atoms with Crippen LogP contribution in [0, 0.1) is 6.92 Å². The average molecular weight is 377 g/mol. The lowest BCUT2D eigenvalue weighted by Gasteiger charge is -2.36. The fraction of sp³-hybridized carbons (Fsp3) is 0.333. The standard InChI is InChI=1S/C21H23N5O2/c1-16-23-24-21(28-16)18-8-5-11-22-20(18)26-14-12-25(13-15-26)19(27)10-9-17-6-3-2-4-7-17/h2-8,11H,9-10,12-15H2,1H3. The molecule has 0 spiro atoms. The Hall–Kier alpha value is -3.22. The number of aryl methyl sites for hydroxylation is 2. The van der Waals surface area contributed by atoms with E-state index in [9.17, 15) is 4.79 Å². The molecule has 144 valence electrons. The Morgan fingerprint density at radius 2 is 1.82 bits per heavy atom. The number of piperazine rings is 1. The predicted octanol–water partition coefficient (Wildman–Crippen LogP) is 2.72. The second-order valence-corrected chi connectivity index (χ2v) is 6.85. The summed E-state index contributed by atoms with van der Waals surface area (Å²) in [5.74, 6) is 2.03. The SMILES string of the molecule is Cc1nnc(-c2cccnc2N2CCN(C(=O)CCc3ccccc3)CC2)o1. The maximum atomic E-state index is 12.6. The quantitative estimate of drug-likeness (QED) is 0.681. The number of carbonyl (C=O) groups excluding carboxylic acids is 1. The molecule has 4 rings (SSSR count). The van der Waals surface area contributed by atoms with Crippen molar-refractivity contribution in [1.82, 2.24) is 20.1 Å². The van der Waals surface area contributed by atoms with Crippen LogP contribution in [-0.2, 0) is 11.2 Å². The predicted molar refractivity (Wildman–Crippen MR) is 106 cm³/mol. The molecule has 7 nitrogen and oxygen atoms in total. The highest BCUT2D eigenvalue weighted by Crippen LogP contribution is 2.28. The van der Waals surface area contributed by atoms with Gasteiger partial charge in [0, 0.05) is 45.7 Å². The second-order valence-electron chi connectivity index (χ2n) is 6.85. The molecule has 1 aliphatic heterocycles. The zero-order valence-corrected chi connectivity index (χ0v) is 15.9. The van der Waals surface area contributed by atoms with Crippen LogP contribution in [0.15, 0.2) is 53.1 Å². The summed E-state index contributed by atoms with van der Waals surface area (Å²) in [6, 6.07) is 13.9. The van der Waals surface area contributed by atoms with E-state index in [2.05, 4.69) is 32.2 Å². The summed E-state index contributed by atoms with van der Waals surface area (Å²) in [5.41, 5.74) is 2.02. The van der Waals surface area contributed by atoms with Gasteiger partial charge in [-0.2, -0.15) is 0 Å². The largest absolute Gasteiger partial charge is 0.421 e. The maximum Gasteiger partial charge on any atom is 0.251 e. The van der Waals surface area contributed by atoms with Gasteiger partial charge in [0.2, 0.25) is 11.8 Å². The Bertz CT molecular complexity index is 933. The molecule has 0 radical (unpaired) electrons. The lowest BCUT2D eigenvalue weighted by molar-refractivity contribution is -0.131. The van der Waals surface area contributed by atoms with Gasteiger partial charge < -0.3 is 14.2 Å². The van der Waals surface area contributed by atoms with Crippen molar-refractivity contribution in [2.45, 2.75) is 19.8 Å². The molecule has 3 aromatic rings. The van der Waals surface area contributed by atoms with E-state index in [0.29, 0.717) is 31.3 Å². The van der Waals surface area contributed by atoms with Crippen LogP contribution >= 0.6 is 0 Å². The van der Waals surface area contributed by atoms with E-state index in [-0.39, 0.29) is 5.91 Å². The third-order valence-corrected chi connectivity index (χ3v) is 4.95. The first kappa shape index (κ1) is 18.2. The Morgan fingerprint density at radius 1 is 1.04 bits per heavy atom. The fourth-order valence-corrected chi connectivity index (χ4v) is 3.44. The number of pyridine rings is 1. The molecule has 3 heterocycles. The van der Waals surface area contributed by atoms with Gasteiger partial charge in [0.25, 0.3) is 5.89 Å². The molecular formula is C21H23N5O2. The Balaban J connectivity index is 1.37. The van der Waals surface area contributed by atoms with Crippen molar-refractivity contribution in [2.24, 2.45) is 0 Å². The van der Waals surface area contributed by atoms with Crippen LogP contribution in [0.1, 0.15) is 17.9 Å². The van der Waals surface area contributed by atoms with Crippen molar-refractivity contribution in [2.75, 3.05) is 31.1 Å². The number of hydrogen-bond donors (Lipinski definition) is 0. The van der Waals surface area contributed by atoms with E-state index in [1.807, 2.05) is 35.2 Å². The number of carbonyl (C=O) groups is 1. The van der Waals surface area contributed by atoms with Crippen molar-refractivity contribution in [3.63, 3.8) is 0 Å². The fourth-order valence-electron chi connectivity index (χ4n) is 3.44. The monoisotopic (exact) mass is 377 g/mol.